The molecular weight excluding hydrogens is 386 g/mol. The van der Waals surface area contributed by atoms with Gasteiger partial charge in [0.25, 0.3) is 9.05 Å². The van der Waals surface area contributed by atoms with Gasteiger partial charge in [-0.1, -0.05) is 13.8 Å². The van der Waals surface area contributed by atoms with Crippen LogP contribution in [0.3, 0.4) is 0 Å². The molecule has 0 N–H and O–H groups in total. The van der Waals surface area contributed by atoms with Crippen LogP contribution in [0.25, 0.3) is 10.9 Å². The quantitative estimate of drug-likeness (QED) is 0.583. The largest absolute Gasteiger partial charge is 0.434 e. The minimum absolute atomic E-state index is 0.0731. The van der Waals surface area contributed by atoms with Crippen molar-refractivity contribution in [2.75, 3.05) is 0 Å². The Kier molecular flexibility index (Phi) is 4.90. The molecule has 3 rings (SSSR count). The zero-order valence-corrected chi connectivity index (χ0v) is 15.5. The van der Waals surface area contributed by atoms with E-state index >= 15 is 0 Å². The van der Waals surface area contributed by atoms with Crippen molar-refractivity contribution >= 4 is 30.6 Å². The number of ether oxygens (including phenoxy) is 1. The van der Waals surface area contributed by atoms with E-state index in [0.29, 0.717) is 23.5 Å². The molecule has 0 aliphatic heterocycles. The normalized spacial score (nSPS) is 12.1. The van der Waals surface area contributed by atoms with Crippen LogP contribution >= 0.6 is 10.7 Å². The van der Waals surface area contributed by atoms with Crippen LogP contribution in [-0.4, -0.2) is 18.2 Å². The van der Waals surface area contributed by atoms with Crippen molar-refractivity contribution in [3.8, 4) is 11.6 Å². The second kappa shape index (κ2) is 6.85. The van der Waals surface area contributed by atoms with Crippen LogP contribution in [0.1, 0.15) is 13.8 Å². The Bertz CT molecular complexity index is 1080. The first-order chi connectivity index (χ1) is 12.1. The molecule has 138 valence electrons. The second-order valence-corrected chi connectivity index (χ2v) is 8.74. The third-order valence-corrected chi connectivity index (χ3v) is 4.96. The summed E-state index contributed by atoms with van der Waals surface area (Å²) in [6.07, 6.45) is 0. The fraction of sp³-hybridized carbons (Fsp3) is 0.235. The minimum atomic E-state index is -3.91. The Hall–Kier alpha value is -2.19. The van der Waals surface area contributed by atoms with Gasteiger partial charge in [-0.05, 0) is 36.2 Å². The number of fused-ring (bicyclic) bond motifs is 1. The van der Waals surface area contributed by atoms with Crippen LogP contribution in [0.15, 0.2) is 41.3 Å². The summed E-state index contributed by atoms with van der Waals surface area (Å²) in [5.74, 6) is -1.47. The molecule has 3 aromatic rings. The molecule has 0 amide bonds. The van der Waals surface area contributed by atoms with E-state index in [1.54, 1.807) is 4.68 Å². The van der Waals surface area contributed by atoms with E-state index < -0.39 is 20.7 Å². The van der Waals surface area contributed by atoms with E-state index in [9.17, 15) is 17.2 Å². The van der Waals surface area contributed by atoms with E-state index in [1.807, 2.05) is 13.8 Å². The number of hydrogen-bond donors (Lipinski definition) is 0. The summed E-state index contributed by atoms with van der Waals surface area (Å²) in [6.45, 7) is 4.42. The van der Waals surface area contributed by atoms with Crippen molar-refractivity contribution in [3.05, 3.63) is 48.0 Å². The first-order valence-electron chi connectivity index (χ1n) is 7.73. The first kappa shape index (κ1) is 18.6. The van der Waals surface area contributed by atoms with Gasteiger partial charge in [-0.3, -0.25) is 4.68 Å². The smallest absolute Gasteiger partial charge is 0.261 e. The number of nitrogens with zero attached hydrogens (tertiary/aromatic N) is 2. The lowest BCUT2D eigenvalue weighted by molar-refractivity contribution is 0.409. The third kappa shape index (κ3) is 3.81. The predicted octanol–water partition coefficient (Wildman–Crippen LogP) is 4.69. The van der Waals surface area contributed by atoms with Gasteiger partial charge in [-0.15, -0.1) is 5.10 Å². The summed E-state index contributed by atoms with van der Waals surface area (Å²) in [6, 6.07) is 7.15. The molecule has 2 aromatic carbocycles. The molecule has 0 fully saturated rings. The number of aromatic nitrogens is 2. The molecule has 0 atom stereocenters. The van der Waals surface area contributed by atoms with E-state index in [4.69, 9.17) is 15.4 Å². The van der Waals surface area contributed by atoms with Crippen molar-refractivity contribution in [1.29, 1.82) is 0 Å². The SMILES string of the molecule is CC(C)Cn1nc(Oc2ccc(F)cc2F)c2ccc(S(=O)(=O)Cl)cc21. The lowest BCUT2D eigenvalue weighted by atomic mass is 10.2. The van der Waals surface area contributed by atoms with Gasteiger partial charge in [-0.25, -0.2) is 17.2 Å². The molecular formula is C17H15ClF2N2O3S. The fourth-order valence-corrected chi connectivity index (χ4v) is 3.27. The molecule has 0 unspecified atom stereocenters. The molecule has 0 spiro atoms. The summed E-state index contributed by atoms with van der Waals surface area (Å²) in [4.78, 5) is -0.0731. The number of halogens is 3. The summed E-state index contributed by atoms with van der Waals surface area (Å²) >= 11 is 0. The molecule has 26 heavy (non-hydrogen) atoms. The average Bonchev–Trinajstić information content (AvgIpc) is 2.86. The topological polar surface area (TPSA) is 61.2 Å². The predicted molar refractivity (Wildman–Crippen MR) is 94.0 cm³/mol. The van der Waals surface area contributed by atoms with Gasteiger partial charge in [0.1, 0.15) is 5.82 Å². The van der Waals surface area contributed by atoms with Crippen molar-refractivity contribution in [3.63, 3.8) is 0 Å². The molecule has 0 radical (unpaired) electrons. The second-order valence-electron chi connectivity index (χ2n) is 6.17. The summed E-state index contributed by atoms with van der Waals surface area (Å²) < 4.78 is 57.2. The molecule has 9 heteroatoms. The molecule has 0 aliphatic carbocycles. The van der Waals surface area contributed by atoms with Crippen LogP contribution in [0, 0.1) is 17.6 Å². The Morgan fingerprint density at radius 3 is 2.54 bits per heavy atom. The highest BCUT2D eigenvalue weighted by atomic mass is 35.7. The molecule has 1 heterocycles. The Morgan fingerprint density at radius 1 is 1.19 bits per heavy atom. The molecule has 0 saturated carbocycles. The zero-order valence-electron chi connectivity index (χ0n) is 13.9. The van der Waals surface area contributed by atoms with Crippen LogP contribution in [0.2, 0.25) is 0 Å². The molecule has 0 bridgehead atoms. The van der Waals surface area contributed by atoms with Gasteiger partial charge >= 0.3 is 0 Å². The van der Waals surface area contributed by atoms with Crippen molar-refractivity contribution in [2.24, 2.45) is 5.92 Å². The highest BCUT2D eigenvalue weighted by molar-refractivity contribution is 8.13. The van der Waals surface area contributed by atoms with Gasteiger partial charge in [-0.2, -0.15) is 0 Å². The van der Waals surface area contributed by atoms with Gasteiger partial charge < -0.3 is 4.74 Å². The Morgan fingerprint density at radius 2 is 1.92 bits per heavy atom. The summed E-state index contributed by atoms with van der Waals surface area (Å²) in [7, 11) is 1.50. The molecule has 1 aromatic heterocycles. The Balaban J connectivity index is 2.13. The highest BCUT2D eigenvalue weighted by Gasteiger charge is 2.19. The van der Waals surface area contributed by atoms with Crippen molar-refractivity contribution < 1.29 is 21.9 Å². The number of hydrogen-bond acceptors (Lipinski definition) is 4. The maximum atomic E-state index is 13.9. The maximum Gasteiger partial charge on any atom is 0.261 e. The lowest BCUT2D eigenvalue weighted by Crippen LogP contribution is -2.06. The summed E-state index contributed by atoms with van der Waals surface area (Å²) in [5, 5.41) is 4.79. The summed E-state index contributed by atoms with van der Waals surface area (Å²) in [5.41, 5.74) is 0.484. The van der Waals surface area contributed by atoms with E-state index in [-0.39, 0.29) is 22.4 Å². The number of benzene rings is 2. The Labute approximate surface area is 153 Å². The van der Waals surface area contributed by atoms with Crippen LogP contribution in [0.4, 0.5) is 8.78 Å². The highest BCUT2D eigenvalue weighted by Crippen LogP contribution is 2.33. The molecule has 0 aliphatic rings. The van der Waals surface area contributed by atoms with Crippen LogP contribution < -0.4 is 4.74 Å². The van der Waals surface area contributed by atoms with Gasteiger partial charge in [0.15, 0.2) is 11.6 Å². The van der Waals surface area contributed by atoms with Crippen molar-refractivity contribution in [2.45, 2.75) is 25.3 Å². The van der Waals surface area contributed by atoms with E-state index in [1.165, 1.54) is 18.2 Å². The fourth-order valence-electron chi connectivity index (χ4n) is 2.50. The van der Waals surface area contributed by atoms with Gasteiger partial charge in [0.05, 0.1) is 15.8 Å². The van der Waals surface area contributed by atoms with Gasteiger partial charge in [0.2, 0.25) is 5.88 Å². The van der Waals surface area contributed by atoms with Crippen LogP contribution in [0.5, 0.6) is 11.6 Å². The zero-order chi connectivity index (χ0) is 19.1. The first-order valence-corrected chi connectivity index (χ1v) is 10.0. The van der Waals surface area contributed by atoms with Gasteiger partial charge in [0, 0.05) is 23.3 Å². The monoisotopic (exact) mass is 400 g/mol. The van der Waals surface area contributed by atoms with Crippen LogP contribution in [-0.2, 0) is 15.6 Å². The van der Waals surface area contributed by atoms with E-state index in [2.05, 4.69) is 5.10 Å². The standard InChI is InChI=1S/C17H15ClF2N2O3S/c1-10(2)9-22-15-8-12(26(18,23)24)4-5-13(15)17(21-22)25-16-6-3-11(19)7-14(16)20/h3-8,10H,9H2,1-2H3. The number of rotatable bonds is 5. The van der Waals surface area contributed by atoms with E-state index in [0.717, 1.165) is 12.1 Å². The maximum absolute atomic E-state index is 13.9. The lowest BCUT2D eigenvalue weighted by Gasteiger charge is -2.06. The minimum Gasteiger partial charge on any atom is -0.434 e. The third-order valence-electron chi connectivity index (χ3n) is 3.61. The van der Waals surface area contributed by atoms with Crippen molar-refractivity contribution in [1.82, 2.24) is 9.78 Å². The molecule has 0 saturated heterocycles. The molecule has 5 nitrogen and oxygen atoms in total. The average molecular weight is 401 g/mol.